The van der Waals surface area contributed by atoms with Crippen LogP contribution in [0.5, 0.6) is 0 Å². The number of piperidine rings is 2. The number of aromatic nitrogens is 5. The van der Waals surface area contributed by atoms with Crippen molar-refractivity contribution >= 4 is 24.0 Å². The summed E-state index contributed by atoms with van der Waals surface area (Å²) in [4.78, 5) is 75.4. The van der Waals surface area contributed by atoms with Crippen molar-refractivity contribution in [3.63, 3.8) is 0 Å². The largest absolute Gasteiger partial charge is 0.453 e. The predicted octanol–water partition coefficient (Wildman–Crippen LogP) is 5.12. The topological polar surface area (TPSA) is 188 Å². The molecule has 3 aromatic heterocycles. The Morgan fingerprint density at radius 1 is 0.648 bits per heavy atom. The lowest BCUT2D eigenvalue weighted by Gasteiger charge is -2.36. The molecule has 5 heterocycles. The second-order valence-corrected chi connectivity index (χ2v) is 14.9. The van der Waals surface area contributed by atoms with Gasteiger partial charge < -0.3 is 39.9 Å². The molecule has 4 fully saturated rings. The van der Waals surface area contributed by atoms with Crippen molar-refractivity contribution in [3.05, 3.63) is 66.6 Å². The van der Waals surface area contributed by atoms with Crippen molar-refractivity contribution in [2.24, 2.45) is 11.8 Å². The second-order valence-electron chi connectivity index (χ2n) is 14.9. The van der Waals surface area contributed by atoms with Gasteiger partial charge in [0.15, 0.2) is 0 Å². The third-order valence-electron chi connectivity index (χ3n) is 11.8. The Hall–Kier alpha value is -5.73. The molecule has 15 nitrogen and oxygen atoms in total. The number of carbonyl (C=O) groups excluding carboxylic acids is 4. The molecule has 282 valence electrons. The van der Waals surface area contributed by atoms with Crippen LogP contribution >= 0.6 is 0 Å². The highest BCUT2D eigenvalue weighted by Gasteiger charge is 2.52. The van der Waals surface area contributed by atoms with Gasteiger partial charge in [0.1, 0.15) is 23.7 Å². The van der Waals surface area contributed by atoms with Gasteiger partial charge in [-0.05, 0) is 81.9 Å². The number of ether oxygens (including phenoxy) is 2. The number of pyridine rings is 1. The highest BCUT2D eigenvalue weighted by atomic mass is 16.5. The molecule has 2 aliphatic carbocycles. The molecule has 1 aromatic carbocycles. The number of nitrogens with one attached hydrogen (secondary N) is 4. The van der Waals surface area contributed by atoms with E-state index in [9.17, 15) is 19.2 Å². The van der Waals surface area contributed by atoms with Crippen LogP contribution in [-0.2, 0) is 19.1 Å². The van der Waals surface area contributed by atoms with Crippen LogP contribution in [0.4, 0.5) is 9.59 Å². The van der Waals surface area contributed by atoms with E-state index in [0.717, 1.165) is 83.9 Å². The molecule has 4 bridgehead atoms. The smallest absolute Gasteiger partial charge is 0.407 e. The third kappa shape index (κ3) is 6.34. The predicted molar refractivity (Wildman–Crippen MR) is 196 cm³/mol. The molecule has 2 saturated heterocycles. The first-order valence-corrected chi connectivity index (χ1v) is 18.6. The zero-order chi connectivity index (χ0) is 37.7. The van der Waals surface area contributed by atoms with Crippen LogP contribution in [0.15, 0.2) is 55.0 Å². The Morgan fingerprint density at radius 3 is 1.57 bits per heavy atom. The fourth-order valence-electron chi connectivity index (χ4n) is 9.17. The second kappa shape index (κ2) is 14.3. The van der Waals surface area contributed by atoms with Crippen molar-refractivity contribution < 1.29 is 28.7 Å². The van der Waals surface area contributed by atoms with E-state index in [-0.39, 0.29) is 36.0 Å². The molecule has 8 atom stereocenters. The number of fused-ring (bicyclic) bond motifs is 4. The van der Waals surface area contributed by atoms with Gasteiger partial charge in [-0.3, -0.25) is 14.6 Å². The Kier molecular flexibility index (Phi) is 9.32. The van der Waals surface area contributed by atoms with Gasteiger partial charge in [-0.15, -0.1) is 0 Å². The van der Waals surface area contributed by atoms with Crippen molar-refractivity contribution in [3.8, 4) is 33.8 Å². The molecule has 2 aliphatic heterocycles. The summed E-state index contributed by atoms with van der Waals surface area (Å²) >= 11 is 0. The standard InChI is InChI=1S/C39H45N9O6/c1-20(43-38(51)53-3)36(49)47-27-12-9-24(15-27)32(47)34-41-18-30(45-34)23-7-5-22(6-8-23)29-14-11-26(17-40-29)31-19-42-35(46-31)33-25-10-13-28(16-25)48(33)37(50)21(2)44-39(52)54-4/h5-8,11,14,17-21,24-25,27-28,32-33H,9-10,12-13,15-16H2,1-4H3,(H,41,45)(H,42,46)(H,43,51)(H,44,52)/t20-,21-,24-,25-,27+,28+,32-,33-/m0/s1. The first kappa shape index (κ1) is 35.3. The highest BCUT2D eigenvalue weighted by molar-refractivity contribution is 5.87. The summed E-state index contributed by atoms with van der Waals surface area (Å²) in [5.74, 6) is 1.84. The average molecular weight is 736 g/mol. The van der Waals surface area contributed by atoms with Crippen LogP contribution in [0.3, 0.4) is 0 Å². The highest BCUT2D eigenvalue weighted by Crippen LogP contribution is 2.51. The number of H-pyrrole nitrogens is 2. The number of carbonyl (C=O) groups is 4. The number of alkyl carbamates (subject to hydrolysis) is 2. The Balaban J connectivity index is 0.941. The number of methoxy groups -OCH3 is 2. The normalized spacial score (nSPS) is 25.0. The van der Waals surface area contributed by atoms with Crippen molar-refractivity contribution in [2.45, 2.75) is 88.6 Å². The maximum atomic E-state index is 13.5. The monoisotopic (exact) mass is 735 g/mol. The Labute approximate surface area is 312 Å². The van der Waals surface area contributed by atoms with Crippen LogP contribution in [0.25, 0.3) is 33.8 Å². The van der Waals surface area contributed by atoms with Crippen molar-refractivity contribution in [2.75, 3.05) is 14.2 Å². The molecule has 0 spiro atoms. The van der Waals surface area contributed by atoms with Crippen LogP contribution in [0, 0.1) is 11.8 Å². The number of nitrogens with zero attached hydrogens (tertiary/aromatic N) is 5. The van der Waals surface area contributed by atoms with Gasteiger partial charge in [0, 0.05) is 29.4 Å². The SMILES string of the molecule is COC(=O)N[C@@H](C)C(=O)N1[C@@H]2CC[C@@H](C2)[C@H]1c1ncc(-c2ccc(-c3ccc(-c4cnc([C@@H]5[C@H]6CC[C@H](C6)N5C(=O)[C@H](C)NC(=O)OC)[nH]4)cn3)cc2)[nH]1. The van der Waals surface area contributed by atoms with E-state index in [2.05, 4.69) is 20.6 Å². The minimum atomic E-state index is -0.709. The number of rotatable bonds is 9. The lowest BCUT2D eigenvalue weighted by molar-refractivity contribution is -0.138. The molecule has 4 aromatic rings. The maximum Gasteiger partial charge on any atom is 0.407 e. The number of likely N-dealkylation sites (tertiary alicyclic amines) is 2. The quantitative estimate of drug-likeness (QED) is 0.181. The van der Waals surface area contributed by atoms with E-state index in [1.807, 2.05) is 58.6 Å². The molecule has 8 rings (SSSR count). The summed E-state index contributed by atoms with van der Waals surface area (Å²) in [6.07, 6.45) is 9.97. The molecule has 54 heavy (non-hydrogen) atoms. The number of benzene rings is 1. The van der Waals surface area contributed by atoms with Gasteiger partial charge >= 0.3 is 12.2 Å². The summed E-state index contributed by atoms with van der Waals surface area (Å²) in [5, 5.41) is 5.22. The Bertz CT molecular complexity index is 1900. The molecule has 15 heteroatoms. The molecule has 4 amide bonds. The number of aromatic amines is 2. The number of imidazole rings is 2. The summed E-state index contributed by atoms with van der Waals surface area (Å²) in [6.45, 7) is 3.36. The van der Waals surface area contributed by atoms with Gasteiger partial charge in [0.25, 0.3) is 0 Å². The van der Waals surface area contributed by atoms with E-state index < -0.39 is 24.3 Å². The van der Waals surface area contributed by atoms with Gasteiger partial charge in [-0.25, -0.2) is 19.6 Å². The summed E-state index contributed by atoms with van der Waals surface area (Å²) in [5.41, 5.74) is 5.29. The zero-order valence-electron chi connectivity index (χ0n) is 30.7. The first-order valence-electron chi connectivity index (χ1n) is 18.6. The molecule has 4 N–H and O–H groups in total. The summed E-state index contributed by atoms with van der Waals surface area (Å²) in [6, 6.07) is 10.6. The van der Waals surface area contributed by atoms with Gasteiger partial charge in [-0.2, -0.15) is 0 Å². The van der Waals surface area contributed by atoms with Crippen LogP contribution in [0.2, 0.25) is 0 Å². The molecule has 4 aliphatic rings. The van der Waals surface area contributed by atoms with E-state index >= 15 is 0 Å². The molecular weight excluding hydrogens is 690 g/mol. The molecule has 0 unspecified atom stereocenters. The minimum absolute atomic E-state index is 0.126. The van der Waals surface area contributed by atoms with Gasteiger partial charge in [0.05, 0.1) is 55.8 Å². The lowest BCUT2D eigenvalue weighted by Crippen LogP contribution is -2.50. The minimum Gasteiger partial charge on any atom is -0.453 e. The van der Waals surface area contributed by atoms with E-state index in [0.29, 0.717) is 11.8 Å². The number of amides is 4. The number of hydrogen-bond donors (Lipinski definition) is 4. The fourth-order valence-corrected chi connectivity index (χ4v) is 9.17. The summed E-state index contributed by atoms with van der Waals surface area (Å²) in [7, 11) is 2.56. The van der Waals surface area contributed by atoms with Crippen LogP contribution < -0.4 is 10.6 Å². The van der Waals surface area contributed by atoms with Crippen LogP contribution in [0.1, 0.15) is 76.1 Å². The number of hydrogen-bond acceptors (Lipinski definition) is 9. The average Bonchev–Trinajstić information content (AvgIpc) is 4.06. The molecular formula is C39H45N9O6. The van der Waals surface area contributed by atoms with Crippen molar-refractivity contribution in [1.82, 2.24) is 45.4 Å². The zero-order valence-corrected chi connectivity index (χ0v) is 30.7. The summed E-state index contributed by atoms with van der Waals surface area (Å²) < 4.78 is 9.40. The van der Waals surface area contributed by atoms with E-state index in [1.165, 1.54) is 14.2 Å². The fraction of sp³-hybridized carbons (Fsp3) is 0.462. The van der Waals surface area contributed by atoms with Crippen LogP contribution in [-0.4, -0.2) is 97.1 Å². The molecule has 0 radical (unpaired) electrons. The van der Waals surface area contributed by atoms with E-state index in [1.54, 1.807) is 20.0 Å². The van der Waals surface area contributed by atoms with Gasteiger partial charge in [0.2, 0.25) is 11.8 Å². The van der Waals surface area contributed by atoms with Crippen molar-refractivity contribution in [1.29, 1.82) is 0 Å². The third-order valence-corrected chi connectivity index (χ3v) is 11.8. The lowest BCUT2D eigenvalue weighted by atomic mass is 9.97. The molecule has 2 saturated carbocycles. The Morgan fingerprint density at radius 2 is 1.11 bits per heavy atom. The first-order chi connectivity index (χ1) is 26.1. The maximum absolute atomic E-state index is 13.5. The van der Waals surface area contributed by atoms with E-state index in [4.69, 9.17) is 24.4 Å². The van der Waals surface area contributed by atoms with Gasteiger partial charge in [-0.1, -0.05) is 24.3 Å².